The van der Waals surface area contributed by atoms with Gasteiger partial charge in [0.2, 0.25) is 47.3 Å². The fourth-order valence-electron chi connectivity index (χ4n) is 6.17. The van der Waals surface area contributed by atoms with Crippen LogP contribution in [0.15, 0.2) is 0 Å². The number of carbonyl (C=O) groups excluding carboxylic acids is 8. The smallest absolute Gasteiger partial charge is 0.245 e. The molecule has 0 aromatic heterocycles. The van der Waals surface area contributed by atoms with Crippen molar-refractivity contribution in [3.63, 3.8) is 0 Å². The predicted octanol–water partition coefficient (Wildman–Crippen LogP) is 0.875. The zero-order chi connectivity index (χ0) is 44.7. The second-order valence-electron chi connectivity index (χ2n) is 17.0. The van der Waals surface area contributed by atoms with E-state index in [1.165, 1.54) is 77.6 Å². The molecule has 0 bridgehead atoms. The summed E-state index contributed by atoms with van der Waals surface area (Å²) in [4.78, 5) is 111. The lowest BCUT2D eigenvalue weighted by atomic mass is 9.95. The normalized spacial score (nSPS) is 14.7. The third-order valence-electron chi connectivity index (χ3n) is 9.70. The summed E-state index contributed by atoms with van der Waals surface area (Å²) in [5, 5.41) is 21.3. The molecular formula is C40H74N8O9. The van der Waals surface area contributed by atoms with E-state index in [0.29, 0.717) is 12.8 Å². The van der Waals surface area contributed by atoms with Gasteiger partial charge in [-0.3, -0.25) is 38.4 Å². The first kappa shape index (κ1) is 52.7. The van der Waals surface area contributed by atoms with Crippen LogP contribution < -0.4 is 21.3 Å². The van der Waals surface area contributed by atoms with E-state index in [9.17, 15) is 43.5 Å². The summed E-state index contributed by atoms with van der Waals surface area (Å²) in [6.45, 7) is 18.5. The highest BCUT2D eigenvalue weighted by molar-refractivity contribution is 5.97. The summed E-state index contributed by atoms with van der Waals surface area (Å²) in [5.74, 6) is -4.58. The van der Waals surface area contributed by atoms with E-state index in [2.05, 4.69) is 21.3 Å². The number of hydrogen-bond acceptors (Lipinski definition) is 9. The number of nitrogens with zero attached hydrogens (tertiary/aromatic N) is 4. The van der Waals surface area contributed by atoms with Gasteiger partial charge >= 0.3 is 0 Å². The first-order chi connectivity index (χ1) is 26.1. The van der Waals surface area contributed by atoms with Gasteiger partial charge in [-0.15, -0.1) is 0 Å². The van der Waals surface area contributed by atoms with E-state index >= 15 is 0 Å². The van der Waals surface area contributed by atoms with E-state index in [1.54, 1.807) is 13.8 Å². The molecule has 0 saturated carbocycles. The van der Waals surface area contributed by atoms with Gasteiger partial charge < -0.3 is 46.0 Å². The van der Waals surface area contributed by atoms with Crippen molar-refractivity contribution in [2.45, 2.75) is 150 Å². The number of nitrogens with one attached hydrogen (secondary N) is 4. The Labute approximate surface area is 340 Å². The first-order valence-corrected chi connectivity index (χ1v) is 20.0. The van der Waals surface area contributed by atoms with Gasteiger partial charge in [0.1, 0.15) is 36.3 Å². The minimum atomic E-state index is -1.39. The maximum absolute atomic E-state index is 14.1. The summed E-state index contributed by atoms with van der Waals surface area (Å²) < 4.78 is 0. The quantitative estimate of drug-likeness (QED) is 0.0989. The summed E-state index contributed by atoms with van der Waals surface area (Å²) in [6, 6.07) is -6.30. The van der Waals surface area contributed by atoms with Crippen molar-refractivity contribution >= 4 is 47.3 Å². The van der Waals surface area contributed by atoms with Crippen molar-refractivity contribution in [3.05, 3.63) is 0 Å². The van der Waals surface area contributed by atoms with Crippen LogP contribution in [0.3, 0.4) is 0 Å². The highest BCUT2D eigenvalue weighted by Gasteiger charge is 2.39. The molecule has 0 aliphatic carbocycles. The van der Waals surface area contributed by atoms with Crippen LogP contribution in [0.1, 0.15) is 108 Å². The summed E-state index contributed by atoms with van der Waals surface area (Å²) in [6.07, 6.45) is 1.31. The van der Waals surface area contributed by atoms with Gasteiger partial charge in [-0.2, -0.15) is 0 Å². The second kappa shape index (κ2) is 23.8. The molecule has 8 amide bonds. The molecule has 0 aliphatic rings. The number of amides is 8. The molecule has 17 heteroatoms. The Hall–Kier alpha value is -4.28. The molecule has 0 aliphatic heterocycles. The number of carbonyl (C=O) groups is 8. The maximum atomic E-state index is 14.1. The SMILES string of the molecule is CCCC(=O)N(C)CC(=O)N(C)[C@@H](CC(C)(C)O)C(=O)N[C@H](C(=O)N(C)[C@@H](CC(C)C)C(=O)N[C@@H](C)C(=O)N[C@H](C)C(=O)N(C)[C@@H](CC(C)C)C(=O)NC)C(C)C. The van der Waals surface area contributed by atoms with Crippen molar-refractivity contribution in [1.82, 2.24) is 40.9 Å². The summed E-state index contributed by atoms with van der Waals surface area (Å²) in [5.41, 5.74) is -1.39. The van der Waals surface area contributed by atoms with Crippen molar-refractivity contribution in [2.75, 3.05) is 41.8 Å². The molecule has 0 unspecified atom stereocenters. The van der Waals surface area contributed by atoms with Crippen LogP contribution in [-0.4, -0.2) is 156 Å². The molecule has 57 heavy (non-hydrogen) atoms. The molecule has 0 saturated heterocycles. The van der Waals surface area contributed by atoms with E-state index in [1.807, 2.05) is 34.6 Å². The fourth-order valence-corrected chi connectivity index (χ4v) is 6.17. The maximum Gasteiger partial charge on any atom is 0.245 e. The Morgan fingerprint density at radius 1 is 0.596 bits per heavy atom. The molecule has 6 atom stereocenters. The largest absolute Gasteiger partial charge is 0.390 e. The van der Waals surface area contributed by atoms with Crippen LogP contribution in [-0.2, 0) is 38.4 Å². The van der Waals surface area contributed by atoms with Gasteiger partial charge in [0.05, 0.1) is 12.1 Å². The molecule has 328 valence electrons. The molecule has 5 N–H and O–H groups in total. The van der Waals surface area contributed by atoms with Crippen LogP contribution in [0, 0.1) is 17.8 Å². The summed E-state index contributed by atoms with van der Waals surface area (Å²) in [7, 11) is 7.32. The zero-order valence-corrected chi connectivity index (χ0v) is 37.4. The van der Waals surface area contributed by atoms with Gasteiger partial charge in [-0.25, -0.2) is 0 Å². The number of hydrogen-bond donors (Lipinski definition) is 5. The first-order valence-electron chi connectivity index (χ1n) is 20.0. The topological polar surface area (TPSA) is 218 Å². The van der Waals surface area contributed by atoms with Crippen molar-refractivity contribution in [2.24, 2.45) is 17.8 Å². The number of likely N-dealkylation sites (N-methyl/N-ethyl adjacent to an activating group) is 5. The highest BCUT2D eigenvalue weighted by atomic mass is 16.3. The monoisotopic (exact) mass is 811 g/mol. The fraction of sp³-hybridized carbons (Fsp3) is 0.800. The average Bonchev–Trinajstić information content (AvgIpc) is 3.11. The van der Waals surface area contributed by atoms with Crippen LogP contribution in [0.5, 0.6) is 0 Å². The van der Waals surface area contributed by atoms with Crippen LogP contribution >= 0.6 is 0 Å². The molecule has 0 spiro atoms. The van der Waals surface area contributed by atoms with Crippen LogP contribution in [0.25, 0.3) is 0 Å². The third-order valence-corrected chi connectivity index (χ3v) is 9.70. The Morgan fingerprint density at radius 2 is 1.05 bits per heavy atom. The molecular weight excluding hydrogens is 736 g/mol. The zero-order valence-electron chi connectivity index (χ0n) is 37.4. The minimum Gasteiger partial charge on any atom is -0.390 e. The molecule has 17 nitrogen and oxygen atoms in total. The van der Waals surface area contributed by atoms with E-state index in [4.69, 9.17) is 0 Å². The lowest BCUT2D eigenvalue weighted by Crippen LogP contribution is -2.61. The molecule has 0 rings (SSSR count). The molecule has 0 fully saturated rings. The molecule has 0 aromatic rings. The van der Waals surface area contributed by atoms with Gasteiger partial charge in [0.25, 0.3) is 0 Å². The Morgan fingerprint density at radius 3 is 1.49 bits per heavy atom. The van der Waals surface area contributed by atoms with Gasteiger partial charge in [-0.05, 0) is 64.7 Å². The van der Waals surface area contributed by atoms with Crippen LogP contribution in [0.2, 0.25) is 0 Å². The van der Waals surface area contributed by atoms with Crippen molar-refractivity contribution < 1.29 is 43.5 Å². The molecule has 0 aromatic carbocycles. The molecule has 0 heterocycles. The lowest BCUT2D eigenvalue weighted by Gasteiger charge is -2.36. The highest BCUT2D eigenvalue weighted by Crippen LogP contribution is 2.19. The minimum absolute atomic E-state index is 0.0716. The van der Waals surface area contributed by atoms with Gasteiger partial charge in [0.15, 0.2) is 0 Å². The standard InChI is InChI=1S/C40H74N8O9/c1-17-18-31(49)45(13)22-32(50)46(14)30(21-40(10,11)57)37(54)44-33(25(6)7)39(56)48(16)29(20-24(4)5)36(53)42-26(8)34(51)43-27(9)38(55)47(15)28(19-23(2)3)35(52)41-12/h23-30,33,57H,17-22H2,1-16H3,(H,41,52)(H,42,53)(H,43,51)(H,44,54)/t26-,27+,28-,29-,30-,33-/m0/s1. The van der Waals surface area contributed by atoms with E-state index in [0.717, 1.165) is 4.90 Å². The average molecular weight is 811 g/mol. The second-order valence-corrected chi connectivity index (χ2v) is 17.0. The predicted molar refractivity (Wildman–Crippen MR) is 218 cm³/mol. The number of rotatable bonds is 23. The molecule has 0 radical (unpaired) electrons. The Bertz CT molecular complexity index is 1400. The van der Waals surface area contributed by atoms with Crippen molar-refractivity contribution in [1.29, 1.82) is 0 Å². The Kier molecular flexibility index (Phi) is 22.0. The van der Waals surface area contributed by atoms with Gasteiger partial charge in [0, 0.05) is 48.1 Å². The van der Waals surface area contributed by atoms with E-state index in [-0.39, 0.29) is 49.5 Å². The number of aliphatic hydroxyl groups is 1. The van der Waals surface area contributed by atoms with Gasteiger partial charge in [-0.1, -0.05) is 48.5 Å². The third kappa shape index (κ3) is 17.4. The lowest BCUT2D eigenvalue weighted by molar-refractivity contribution is -0.147. The van der Waals surface area contributed by atoms with Crippen molar-refractivity contribution in [3.8, 4) is 0 Å². The summed E-state index contributed by atoms with van der Waals surface area (Å²) >= 11 is 0. The van der Waals surface area contributed by atoms with E-state index < -0.39 is 83.2 Å². The Balaban J connectivity index is 6.17. The van der Waals surface area contributed by atoms with Crippen LogP contribution in [0.4, 0.5) is 0 Å².